The summed E-state index contributed by atoms with van der Waals surface area (Å²) in [5.74, 6) is 0.878. The van der Waals surface area contributed by atoms with Crippen molar-refractivity contribution in [2.75, 3.05) is 6.54 Å². The van der Waals surface area contributed by atoms with Crippen LogP contribution in [-0.4, -0.2) is 12.6 Å². The number of nitrogens with one attached hydrogen (secondary N) is 1. The molecule has 0 spiro atoms. The summed E-state index contributed by atoms with van der Waals surface area (Å²) in [7, 11) is 0. The minimum Gasteiger partial charge on any atom is -0.314 e. The highest BCUT2D eigenvalue weighted by molar-refractivity contribution is 9.10. The van der Waals surface area contributed by atoms with E-state index in [-0.39, 0.29) is 0 Å². The molecular formula is C13H18BrN. The van der Waals surface area contributed by atoms with Gasteiger partial charge in [-0.05, 0) is 49.4 Å². The van der Waals surface area contributed by atoms with Gasteiger partial charge in [-0.25, -0.2) is 0 Å². The maximum absolute atomic E-state index is 3.60. The zero-order valence-electron chi connectivity index (χ0n) is 9.17. The highest BCUT2D eigenvalue weighted by Gasteiger charge is 2.18. The van der Waals surface area contributed by atoms with E-state index in [2.05, 4.69) is 52.4 Å². The molecule has 1 aliphatic heterocycles. The average Bonchev–Trinajstić information content (AvgIpc) is 2.17. The van der Waals surface area contributed by atoms with Crippen molar-refractivity contribution in [2.45, 2.75) is 32.2 Å². The minimum absolute atomic E-state index is 0.669. The van der Waals surface area contributed by atoms with Gasteiger partial charge >= 0.3 is 0 Å². The van der Waals surface area contributed by atoms with Crippen LogP contribution in [0.5, 0.6) is 0 Å². The summed E-state index contributed by atoms with van der Waals surface area (Å²) in [6.07, 6.45) is 3.80. The van der Waals surface area contributed by atoms with Crippen LogP contribution in [0.4, 0.5) is 0 Å². The van der Waals surface area contributed by atoms with Gasteiger partial charge in [0.1, 0.15) is 0 Å². The highest BCUT2D eigenvalue weighted by Crippen LogP contribution is 2.19. The third kappa shape index (κ3) is 3.32. The van der Waals surface area contributed by atoms with Crippen molar-refractivity contribution in [1.29, 1.82) is 0 Å². The fraction of sp³-hybridized carbons (Fsp3) is 0.538. The molecule has 0 amide bonds. The van der Waals surface area contributed by atoms with E-state index in [0.717, 1.165) is 12.3 Å². The van der Waals surface area contributed by atoms with E-state index < -0.39 is 0 Å². The van der Waals surface area contributed by atoms with Gasteiger partial charge in [0.25, 0.3) is 0 Å². The molecule has 2 unspecified atom stereocenters. The predicted octanol–water partition coefficient (Wildman–Crippen LogP) is 3.38. The van der Waals surface area contributed by atoms with Gasteiger partial charge in [0.2, 0.25) is 0 Å². The maximum Gasteiger partial charge on any atom is 0.0178 e. The summed E-state index contributed by atoms with van der Waals surface area (Å²) in [5, 5.41) is 3.60. The Morgan fingerprint density at radius 3 is 3.07 bits per heavy atom. The van der Waals surface area contributed by atoms with E-state index in [9.17, 15) is 0 Å². The number of benzene rings is 1. The van der Waals surface area contributed by atoms with Crippen molar-refractivity contribution >= 4 is 15.9 Å². The van der Waals surface area contributed by atoms with Crippen LogP contribution >= 0.6 is 15.9 Å². The van der Waals surface area contributed by atoms with Gasteiger partial charge in [0.15, 0.2) is 0 Å². The lowest BCUT2D eigenvalue weighted by Gasteiger charge is -2.28. The predicted molar refractivity (Wildman–Crippen MR) is 68.0 cm³/mol. The molecule has 2 atom stereocenters. The van der Waals surface area contributed by atoms with Gasteiger partial charge in [-0.3, -0.25) is 0 Å². The first-order valence-electron chi connectivity index (χ1n) is 5.72. The van der Waals surface area contributed by atoms with Gasteiger partial charge in [-0.1, -0.05) is 35.0 Å². The first kappa shape index (κ1) is 11.2. The SMILES string of the molecule is CC1CCNC(Cc2cccc(Br)c2)C1. The van der Waals surface area contributed by atoms with Crippen LogP contribution in [-0.2, 0) is 6.42 Å². The minimum atomic E-state index is 0.669. The maximum atomic E-state index is 3.60. The van der Waals surface area contributed by atoms with E-state index in [1.165, 1.54) is 29.4 Å². The first-order chi connectivity index (χ1) is 7.24. The first-order valence-corrected chi connectivity index (χ1v) is 6.51. The lowest BCUT2D eigenvalue weighted by Crippen LogP contribution is -2.38. The van der Waals surface area contributed by atoms with Crippen molar-refractivity contribution in [3.05, 3.63) is 34.3 Å². The highest BCUT2D eigenvalue weighted by atomic mass is 79.9. The Hall–Kier alpha value is -0.340. The number of halogens is 1. The molecule has 0 saturated carbocycles. The zero-order valence-corrected chi connectivity index (χ0v) is 10.8. The molecule has 1 fully saturated rings. The largest absolute Gasteiger partial charge is 0.314 e. The molecule has 2 heteroatoms. The number of hydrogen-bond acceptors (Lipinski definition) is 1. The molecule has 0 radical (unpaired) electrons. The van der Waals surface area contributed by atoms with Gasteiger partial charge < -0.3 is 5.32 Å². The van der Waals surface area contributed by atoms with Crippen LogP contribution in [0.3, 0.4) is 0 Å². The van der Waals surface area contributed by atoms with Crippen LogP contribution in [0, 0.1) is 5.92 Å². The van der Waals surface area contributed by atoms with Crippen LogP contribution in [0.15, 0.2) is 28.7 Å². The molecule has 0 aromatic heterocycles. The van der Waals surface area contributed by atoms with Gasteiger partial charge in [-0.15, -0.1) is 0 Å². The Labute approximate surface area is 100 Å². The van der Waals surface area contributed by atoms with Crippen molar-refractivity contribution in [2.24, 2.45) is 5.92 Å². The Kier molecular flexibility index (Phi) is 3.81. The summed E-state index contributed by atoms with van der Waals surface area (Å²) in [5.41, 5.74) is 1.43. The van der Waals surface area contributed by atoms with E-state index in [1.54, 1.807) is 0 Å². The molecule has 1 saturated heterocycles. The van der Waals surface area contributed by atoms with Gasteiger partial charge in [-0.2, -0.15) is 0 Å². The number of rotatable bonds is 2. The second kappa shape index (κ2) is 5.13. The van der Waals surface area contributed by atoms with Crippen LogP contribution < -0.4 is 5.32 Å². The molecule has 82 valence electrons. The fourth-order valence-electron chi connectivity index (χ4n) is 2.32. The van der Waals surface area contributed by atoms with Crippen molar-refractivity contribution < 1.29 is 0 Å². The van der Waals surface area contributed by atoms with Crippen molar-refractivity contribution in [3.8, 4) is 0 Å². The Bertz CT molecular complexity index is 324. The summed E-state index contributed by atoms with van der Waals surface area (Å²) >= 11 is 3.52. The molecule has 15 heavy (non-hydrogen) atoms. The number of piperidine rings is 1. The summed E-state index contributed by atoms with van der Waals surface area (Å²) in [6.45, 7) is 3.54. The molecule has 1 heterocycles. The molecular weight excluding hydrogens is 250 g/mol. The smallest absolute Gasteiger partial charge is 0.0178 e. The summed E-state index contributed by atoms with van der Waals surface area (Å²) < 4.78 is 1.18. The molecule has 1 aromatic rings. The third-order valence-corrected chi connectivity index (χ3v) is 3.62. The monoisotopic (exact) mass is 267 g/mol. The third-order valence-electron chi connectivity index (χ3n) is 3.13. The van der Waals surface area contributed by atoms with Crippen molar-refractivity contribution in [3.63, 3.8) is 0 Å². The standard InChI is InChI=1S/C13H18BrN/c1-10-5-6-15-13(7-10)9-11-3-2-4-12(14)8-11/h2-4,8,10,13,15H,5-7,9H2,1H3. The van der Waals surface area contributed by atoms with Gasteiger partial charge in [0, 0.05) is 10.5 Å². The Morgan fingerprint density at radius 2 is 2.33 bits per heavy atom. The number of hydrogen-bond donors (Lipinski definition) is 1. The normalized spacial score (nSPS) is 26.5. The van der Waals surface area contributed by atoms with Gasteiger partial charge in [0.05, 0.1) is 0 Å². The second-order valence-electron chi connectivity index (χ2n) is 4.61. The van der Waals surface area contributed by atoms with E-state index in [0.29, 0.717) is 6.04 Å². The van der Waals surface area contributed by atoms with E-state index in [4.69, 9.17) is 0 Å². The molecule has 1 nitrogen and oxygen atoms in total. The van der Waals surface area contributed by atoms with E-state index >= 15 is 0 Å². The van der Waals surface area contributed by atoms with E-state index in [1.807, 2.05) is 0 Å². The summed E-state index contributed by atoms with van der Waals surface area (Å²) in [4.78, 5) is 0. The molecule has 1 N–H and O–H groups in total. The van der Waals surface area contributed by atoms with Crippen LogP contribution in [0.25, 0.3) is 0 Å². The average molecular weight is 268 g/mol. The zero-order chi connectivity index (χ0) is 10.7. The molecule has 1 aliphatic rings. The lowest BCUT2D eigenvalue weighted by molar-refractivity contribution is 0.318. The molecule has 0 bridgehead atoms. The topological polar surface area (TPSA) is 12.0 Å². The fourth-order valence-corrected chi connectivity index (χ4v) is 2.77. The quantitative estimate of drug-likeness (QED) is 0.867. The summed E-state index contributed by atoms with van der Waals surface area (Å²) in [6, 6.07) is 9.31. The second-order valence-corrected chi connectivity index (χ2v) is 5.53. The van der Waals surface area contributed by atoms with Crippen LogP contribution in [0.1, 0.15) is 25.3 Å². The molecule has 2 rings (SSSR count). The molecule has 1 aromatic carbocycles. The Balaban J connectivity index is 1.96. The van der Waals surface area contributed by atoms with Crippen LogP contribution in [0.2, 0.25) is 0 Å². The molecule has 0 aliphatic carbocycles. The Morgan fingerprint density at radius 1 is 1.47 bits per heavy atom. The lowest BCUT2D eigenvalue weighted by atomic mass is 9.91. The van der Waals surface area contributed by atoms with Crippen molar-refractivity contribution in [1.82, 2.24) is 5.32 Å².